The van der Waals surface area contributed by atoms with Gasteiger partial charge in [0, 0.05) is 41.9 Å². The van der Waals surface area contributed by atoms with Crippen LogP contribution in [0.25, 0.3) is 22.1 Å². The smallest absolute Gasteiger partial charge is 0.254 e. The van der Waals surface area contributed by atoms with Crippen LogP contribution in [-0.4, -0.2) is 23.3 Å². The van der Waals surface area contributed by atoms with Crippen LogP contribution in [0.5, 0.6) is 0 Å². The number of carbonyl (C=O) groups excluding carboxylic acids is 2. The summed E-state index contributed by atoms with van der Waals surface area (Å²) in [5.74, 6) is 1.54. The quantitative estimate of drug-likeness (QED) is 0.256. The number of rotatable bonds is 6. The molecule has 0 saturated heterocycles. The van der Waals surface area contributed by atoms with E-state index in [1.54, 1.807) is 0 Å². The Morgan fingerprint density at radius 2 is 1.64 bits per heavy atom. The molecule has 5 aromatic rings. The minimum absolute atomic E-state index is 0.0131. The second-order valence-electron chi connectivity index (χ2n) is 10.0. The zero-order valence-corrected chi connectivity index (χ0v) is 21.9. The molecule has 0 spiro atoms. The van der Waals surface area contributed by atoms with Gasteiger partial charge in [-0.05, 0) is 59.2 Å². The van der Waals surface area contributed by atoms with Crippen molar-refractivity contribution in [2.45, 2.75) is 32.2 Å². The first-order valence-corrected chi connectivity index (χ1v) is 13.5. The van der Waals surface area contributed by atoms with Gasteiger partial charge in [0.2, 0.25) is 5.91 Å². The summed E-state index contributed by atoms with van der Waals surface area (Å²) < 4.78 is 6.21. The highest BCUT2D eigenvalue weighted by Crippen LogP contribution is 2.32. The monoisotopic (exact) mass is 514 g/mol. The fraction of sp³-hybridized carbons (Fsp3) is 0.176. The molecule has 1 aliphatic rings. The van der Waals surface area contributed by atoms with Gasteiger partial charge in [-0.15, -0.1) is 0 Å². The number of amides is 2. The van der Waals surface area contributed by atoms with Gasteiger partial charge in [-0.3, -0.25) is 9.59 Å². The molecule has 0 aliphatic carbocycles. The Bertz CT molecular complexity index is 1630. The lowest BCUT2D eigenvalue weighted by molar-refractivity contribution is -0.117. The highest BCUT2D eigenvalue weighted by Gasteiger charge is 2.26. The van der Waals surface area contributed by atoms with Gasteiger partial charge < -0.3 is 14.6 Å². The maximum Gasteiger partial charge on any atom is 0.254 e. The van der Waals surface area contributed by atoms with Crippen molar-refractivity contribution in [1.82, 2.24) is 4.90 Å². The number of fused-ring (bicyclic) bond motifs is 2. The number of carbonyl (C=O) groups is 2. The van der Waals surface area contributed by atoms with Crippen LogP contribution < -0.4 is 5.32 Å². The standard InChI is InChI=1S/C34H30N2O3/c1-2-28(23-9-4-3-5-10-23)33(37)35-27-17-15-25(16-18-27)32-21-26-22-36(20-19-31(26)39-32)34(38)30-14-8-12-24-11-6-7-13-29(24)30/h3-18,21,28H,2,19-20,22H2,1H3,(H,35,37)/t28-/m1/s1. The Morgan fingerprint density at radius 1 is 0.897 bits per heavy atom. The molecule has 1 atom stereocenters. The second kappa shape index (κ2) is 10.6. The van der Waals surface area contributed by atoms with Gasteiger partial charge in [-0.25, -0.2) is 0 Å². The molecule has 1 aromatic heterocycles. The van der Waals surface area contributed by atoms with Crippen LogP contribution in [0.1, 0.15) is 46.5 Å². The highest BCUT2D eigenvalue weighted by molar-refractivity contribution is 6.07. The van der Waals surface area contributed by atoms with E-state index in [9.17, 15) is 9.59 Å². The molecule has 0 radical (unpaired) electrons. The minimum atomic E-state index is -0.192. The van der Waals surface area contributed by atoms with Crippen LogP contribution in [-0.2, 0) is 17.8 Å². The molecule has 0 bridgehead atoms. The van der Waals surface area contributed by atoms with E-state index in [4.69, 9.17) is 4.42 Å². The number of benzene rings is 4. The van der Waals surface area contributed by atoms with Crippen molar-refractivity contribution >= 4 is 28.3 Å². The predicted octanol–water partition coefficient (Wildman–Crippen LogP) is 7.43. The van der Waals surface area contributed by atoms with Crippen molar-refractivity contribution in [3.63, 3.8) is 0 Å². The van der Waals surface area contributed by atoms with Crippen molar-refractivity contribution in [3.8, 4) is 11.3 Å². The van der Waals surface area contributed by atoms with Crippen LogP contribution in [0.3, 0.4) is 0 Å². The summed E-state index contributed by atoms with van der Waals surface area (Å²) in [5, 5.41) is 5.09. The molecule has 1 aliphatic heterocycles. The Kier molecular flexibility index (Phi) is 6.72. The number of anilines is 1. The lowest BCUT2D eigenvalue weighted by Gasteiger charge is -2.26. The third-order valence-electron chi connectivity index (χ3n) is 7.54. The van der Waals surface area contributed by atoms with E-state index >= 15 is 0 Å². The number of hydrogen-bond acceptors (Lipinski definition) is 3. The molecule has 194 valence electrons. The summed E-state index contributed by atoms with van der Waals surface area (Å²) in [5.41, 5.74) is 4.47. The van der Waals surface area contributed by atoms with Crippen molar-refractivity contribution in [1.29, 1.82) is 0 Å². The molecule has 0 unspecified atom stereocenters. The number of furan rings is 1. The summed E-state index contributed by atoms with van der Waals surface area (Å²) in [6.07, 6.45) is 1.41. The summed E-state index contributed by atoms with van der Waals surface area (Å²) >= 11 is 0. The van der Waals surface area contributed by atoms with Crippen LogP contribution in [0.15, 0.2) is 108 Å². The number of nitrogens with zero attached hydrogens (tertiary/aromatic N) is 1. The van der Waals surface area contributed by atoms with Crippen LogP contribution in [0, 0.1) is 0 Å². The number of nitrogens with one attached hydrogen (secondary N) is 1. The molecule has 39 heavy (non-hydrogen) atoms. The maximum atomic E-state index is 13.4. The van der Waals surface area contributed by atoms with Gasteiger partial charge in [0.25, 0.3) is 5.91 Å². The van der Waals surface area contributed by atoms with E-state index in [0.717, 1.165) is 56.7 Å². The summed E-state index contributed by atoms with van der Waals surface area (Å²) in [7, 11) is 0. The molecule has 0 fully saturated rings. The van der Waals surface area contributed by atoms with Crippen molar-refractivity contribution < 1.29 is 14.0 Å². The fourth-order valence-corrected chi connectivity index (χ4v) is 5.44. The number of hydrogen-bond donors (Lipinski definition) is 1. The van der Waals surface area contributed by atoms with Gasteiger partial charge in [-0.1, -0.05) is 73.7 Å². The third kappa shape index (κ3) is 4.96. The molecule has 5 heteroatoms. The average molecular weight is 515 g/mol. The molecule has 2 heterocycles. The zero-order chi connectivity index (χ0) is 26.8. The third-order valence-corrected chi connectivity index (χ3v) is 7.54. The Morgan fingerprint density at radius 3 is 2.44 bits per heavy atom. The summed E-state index contributed by atoms with van der Waals surface area (Å²) in [6, 6.07) is 33.5. The van der Waals surface area contributed by atoms with Crippen LogP contribution >= 0.6 is 0 Å². The molecule has 5 nitrogen and oxygen atoms in total. The van der Waals surface area contributed by atoms with Gasteiger partial charge >= 0.3 is 0 Å². The highest BCUT2D eigenvalue weighted by atomic mass is 16.3. The first-order valence-electron chi connectivity index (χ1n) is 13.5. The largest absolute Gasteiger partial charge is 0.461 e. The molecule has 6 rings (SSSR count). The lowest BCUT2D eigenvalue weighted by Crippen LogP contribution is -2.35. The van der Waals surface area contributed by atoms with Crippen molar-refractivity contribution in [2.24, 2.45) is 0 Å². The average Bonchev–Trinajstić information content (AvgIpc) is 3.41. The van der Waals surface area contributed by atoms with E-state index in [-0.39, 0.29) is 17.7 Å². The van der Waals surface area contributed by atoms with Gasteiger partial charge in [-0.2, -0.15) is 0 Å². The van der Waals surface area contributed by atoms with Crippen LogP contribution in [0.2, 0.25) is 0 Å². The Hall–Kier alpha value is -4.64. The normalized spacial score (nSPS) is 13.6. The van der Waals surface area contributed by atoms with Crippen LogP contribution in [0.4, 0.5) is 5.69 Å². The van der Waals surface area contributed by atoms with E-state index in [1.165, 1.54) is 0 Å². The molecular weight excluding hydrogens is 484 g/mol. The fourth-order valence-electron chi connectivity index (χ4n) is 5.44. The van der Waals surface area contributed by atoms with E-state index < -0.39 is 0 Å². The topological polar surface area (TPSA) is 62.6 Å². The zero-order valence-electron chi connectivity index (χ0n) is 21.9. The lowest BCUT2D eigenvalue weighted by atomic mass is 9.95. The predicted molar refractivity (Wildman–Crippen MR) is 155 cm³/mol. The van der Waals surface area contributed by atoms with E-state index in [2.05, 4.69) is 5.32 Å². The minimum Gasteiger partial charge on any atom is -0.461 e. The molecular formula is C34H30N2O3. The Labute approximate surface area is 228 Å². The molecule has 1 N–H and O–H groups in total. The van der Waals surface area contributed by atoms with E-state index in [1.807, 2.05) is 115 Å². The molecule has 0 saturated carbocycles. The van der Waals surface area contributed by atoms with E-state index in [0.29, 0.717) is 19.5 Å². The van der Waals surface area contributed by atoms with Gasteiger partial charge in [0.1, 0.15) is 11.5 Å². The molecule has 4 aromatic carbocycles. The summed E-state index contributed by atoms with van der Waals surface area (Å²) in [4.78, 5) is 28.3. The van der Waals surface area contributed by atoms with Crippen molar-refractivity contribution in [2.75, 3.05) is 11.9 Å². The first kappa shape index (κ1) is 24.7. The maximum absolute atomic E-state index is 13.4. The van der Waals surface area contributed by atoms with Gasteiger partial charge in [0.05, 0.1) is 5.92 Å². The van der Waals surface area contributed by atoms with Crippen molar-refractivity contribution in [3.05, 3.63) is 126 Å². The van der Waals surface area contributed by atoms with Gasteiger partial charge in [0.15, 0.2) is 0 Å². The first-order chi connectivity index (χ1) is 19.1. The summed E-state index contributed by atoms with van der Waals surface area (Å²) in [6.45, 7) is 3.16. The Balaban J connectivity index is 1.15. The molecule has 2 amide bonds. The SMILES string of the molecule is CC[C@@H](C(=O)Nc1ccc(-c2cc3c(o2)CCN(C(=O)c2cccc4ccccc24)C3)cc1)c1ccccc1. The second-order valence-corrected chi connectivity index (χ2v) is 10.0.